The molecule has 0 radical (unpaired) electrons. The average Bonchev–Trinajstić information content (AvgIpc) is 3.18. The zero-order chi connectivity index (χ0) is 21.8. The summed E-state index contributed by atoms with van der Waals surface area (Å²) in [5.74, 6) is 0.790. The maximum atomic E-state index is 12.9. The van der Waals surface area contributed by atoms with Gasteiger partial charge >= 0.3 is 0 Å². The van der Waals surface area contributed by atoms with Crippen molar-refractivity contribution in [3.05, 3.63) is 99.5 Å². The van der Waals surface area contributed by atoms with Crippen molar-refractivity contribution in [1.29, 1.82) is 0 Å². The van der Waals surface area contributed by atoms with Gasteiger partial charge < -0.3 is 4.90 Å². The van der Waals surface area contributed by atoms with Gasteiger partial charge in [0.05, 0.1) is 5.69 Å². The van der Waals surface area contributed by atoms with Crippen LogP contribution in [-0.2, 0) is 5.75 Å². The Hall–Kier alpha value is -2.74. The summed E-state index contributed by atoms with van der Waals surface area (Å²) in [7, 11) is 1.79. The highest BCUT2D eigenvalue weighted by Crippen LogP contribution is 2.27. The van der Waals surface area contributed by atoms with Crippen molar-refractivity contribution >= 4 is 46.9 Å². The number of carbonyl (C=O) groups excluding carboxylic acids is 1. The summed E-state index contributed by atoms with van der Waals surface area (Å²) < 4.78 is 3.37. The number of aromatic nitrogens is 2. The SMILES string of the molecule is Cc1ccc(N(C)C(=O)c2ccc(-n3nc(SCc4ccccc4)sc3=S)cc2)cc1. The van der Waals surface area contributed by atoms with E-state index < -0.39 is 0 Å². The standard InChI is InChI=1S/C24H21N3OS3/c1-17-8-12-20(13-9-17)26(2)22(28)19-10-14-21(15-11-19)27-24(29)31-23(25-27)30-16-18-6-4-3-5-7-18/h3-15H,16H2,1-2H3. The molecule has 0 saturated carbocycles. The molecule has 1 heterocycles. The van der Waals surface area contributed by atoms with Gasteiger partial charge in [-0.2, -0.15) is 0 Å². The maximum Gasteiger partial charge on any atom is 0.258 e. The highest BCUT2D eigenvalue weighted by atomic mass is 32.2. The number of hydrogen-bond acceptors (Lipinski definition) is 5. The second-order valence-electron chi connectivity index (χ2n) is 7.07. The fourth-order valence-corrected chi connectivity index (χ4v) is 5.34. The lowest BCUT2D eigenvalue weighted by atomic mass is 10.1. The highest BCUT2D eigenvalue weighted by molar-refractivity contribution is 8.00. The molecular weight excluding hydrogens is 442 g/mol. The van der Waals surface area contributed by atoms with Crippen molar-refractivity contribution in [3.8, 4) is 5.69 Å². The van der Waals surface area contributed by atoms with Crippen LogP contribution in [0, 0.1) is 10.9 Å². The molecule has 1 aromatic heterocycles. The van der Waals surface area contributed by atoms with Gasteiger partial charge in [0, 0.05) is 24.1 Å². The van der Waals surface area contributed by atoms with Gasteiger partial charge in [0.15, 0.2) is 8.29 Å². The molecule has 0 unspecified atom stereocenters. The summed E-state index contributed by atoms with van der Waals surface area (Å²) in [6.07, 6.45) is 0. The Morgan fingerprint density at radius 3 is 2.39 bits per heavy atom. The number of aryl methyl sites for hydroxylation is 1. The normalized spacial score (nSPS) is 10.8. The molecule has 4 rings (SSSR count). The molecule has 0 N–H and O–H groups in total. The number of carbonyl (C=O) groups is 1. The van der Waals surface area contributed by atoms with Gasteiger partial charge in [-0.05, 0) is 61.1 Å². The molecule has 31 heavy (non-hydrogen) atoms. The fraction of sp³-hybridized carbons (Fsp3) is 0.125. The van der Waals surface area contributed by atoms with Gasteiger partial charge in [-0.15, -0.1) is 5.10 Å². The highest BCUT2D eigenvalue weighted by Gasteiger charge is 2.14. The second kappa shape index (κ2) is 9.60. The molecule has 0 aliphatic carbocycles. The van der Waals surface area contributed by atoms with Crippen LogP contribution < -0.4 is 4.90 Å². The van der Waals surface area contributed by atoms with Gasteiger partial charge in [0.25, 0.3) is 5.91 Å². The van der Waals surface area contributed by atoms with E-state index in [-0.39, 0.29) is 5.91 Å². The third-order valence-corrected chi connectivity index (χ3v) is 7.26. The van der Waals surface area contributed by atoms with Crippen molar-refractivity contribution in [2.24, 2.45) is 0 Å². The predicted molar refractivity (Wildman–Crippen MR) is 132 cm³/mol. The average molecular weight is 464 g/mol. The van der Waals surface area contributed by atoms with Gasteiger partial charge in [0.2, 0.25) is 0 Å². The number of rotatable bonds is 6. The molecule has 7 heteroatoms. The Balaban J connectivity index is 1.47. The summed E-state index contributed by atoms with van der Waals surface area (Å²) in [6, 6.07) is 25.6. The first kappa shape index (κ1) is 21.5. The van der Waals surface area contributed by atoms with Crippen LogP contribution in [0.5, 0.6) is 0 Å². The van der Waals surface area contributed by atoms with E-state index in [0.29, 0.717) is 9.52 Å². The van der Waals surface area contributed by atoms with E-state index >= 15 is 0 Å². The van der Waals surface area contributed by atoms with Gasteiger partial charge in [-0.25, -0.2) is 4.68 Å². The van der Waals surface area contributed by atoms with E-state index in [4.69, 9.17) is 12.2 Å². The predicted octanol–water partition coefficient (Wildman–Crippen LogP) is 6.54. The van der Waals surface area contributed by atoms with E-state index in [2.05, 4.69) is 17.2 Å². The topological polar surface area (TPSA) is 38.1 Å². The smallest absolute Gasteiger partial charge is 0.258 e. The lowest BCUT2D eigenvalue weighted by Crippen LogP contribution is -2.26. The molecule has 0 bridgehead atoms. The van der Waals surface area contributed by atoms with Crippen molar-refractivity contribution in [3.63, 3.8) is 0 Å². The first-order valence-corrected chi connectivity index (χ1v) is 11.9. The molecule has 4 nitrogen and oxygen atoms in total. The number of nitrogens with zero attached hydrogens (tertiary/aromatic N) is 3. The van der Waals surface area contributed by atoms with E-state index in [0.717, 1.165) is 27.0 Å². The maximum absolute atomic E-state index is 12.9. The summed E-state index contributed by atoms with van der Waals surface area (Å²) in [5, 5.41) is 4.66. The summed E-state index contributed by atoms with van der Waals surface area (Å²) >= 11 is 8.69. The summed E-state index contributed by atoms with van der Waals surface area (Å²) in [4.78, 5) is 14.5. The van der Waals surface area contributed by atoms with Gasteiger partial charge in [-0.1, -0.05) is 71.1 Å². The van der Waals surface area contributed by atoms with E-state index in [9.17, 15) is 4.79 Å². The van der Waals surface area contributed by atoms with Crippen molar-refractivity contribution in [2.75, 3.05) is 11.9 Å². The van der Waals surface area contributed by atoms with Crippen molar-refractivity contribution in [2.45, 2.75) is 17.0 Å². The lowest BCUT2D eigenvalue weighted by Gasteiger charge is -2.17. The van der Waals surface area contributed by atoms with Crippen molar-refractivity contribution in [1.82, 2.24) is 9.78 Å². The Morgan fingerprint density at radius 2 is 1.71 bits per heavy atom. The minimum Gasteiger partial charge on any atom is -0.311 e. The summed E-state index contributed by atoms with van der Waals surface area (Å²) in [5.41, 5.74) is 4.74. The Labute approximate surface area is 195 Å². The number of hydrogen-bond donors (Lipinski definition) is 0. The van der Waals surface area contributed by atoms with E-state index in [1.807, 2.05) is 73.7 Å². The minimum atomic E-state index is -0.0589. The van der Waals surface area contributed by atoms with Crippen LogP contribution in [0.15, 0.2) is 83.2 Å². The lowest BCUT2D eigenvalue weighted by molar-refractivity contribution is 0.0993. The Bertz CT molecular complexity index is 1230. The van der Waals surface area contributed by atoms with Crippen LogP contribution in [0.25, 0.3) is 5.69 Å². The largest absolute Gasteiger partial charge is 0.311 e. The molecule has 0 spiro atoms. The van der Waals surface area contributed by atoms with Crippen LogP contribution in [0.4, 0.5) is 5.69 Å². The van der Waals surface area contributed by atoms with Crippen LogP contribution in [-0.4, -0.2) is 22.7 Å². The summed E-state index contributed by atoms with van der Waals surface area (Å²) in [6.45, 7) is 2.03. The van der Waals surface area contributed by atoms with Crippen LogP contribution >= 0.6 is 35.3 Å². The molecule has 3 aromatic carbocycles. The van der Waals surface area contributed by atoms with E-state index in [1.54, 1.807) is 28.4 Å². The van der Waals surface area contributed by atoms with Crippen LogP contribution in [0.1, 0.15) is 21.5 Å². The minimum absolute atomic E-state index is 0.0589. The monoisotopic (exact) mass is 463 g/mol. The zero-order valence-electron chi connectivity index (χ0n) is 17.2. The third-order valence-electron chi connectivity index (χ3n) is 4.82. The number of benzene rings is 3. The number of thioether (sulfide) groups is 1. The van der Waals surface area contributed by atoms with Crippen molar-refractivity contribution < 1.29 is 4.79 Å². The Kier molecular flexibility index (Phi) is 6.65. The molecular formula is C24H21N3OS3. The van der Waals surface area contributed by atoms with Crippen LogP contribution in [0.3, 0.4) is 0 Å². The first-order valence-electron chi connectivity index (χ1n) is 9.73. The molecule has 0 saturated heterocycles. The van der Waals surface area contributed by atoms with Gasteiger partial charge in [-0.3, -0.25) is 4.79 Å². The Morgan fingerprint density at radius 1 is 1.03 bits per heavy atom. The zero-order valence-corrected chi connectivity index (χ0v) is 19.6. The number of amides is 1. The molecule has 156 valence electrons. The number of anilines is 1. The molecule has 1 amide bonds. The van der Waals surface area contributed by atoms with Gasteiger partial charge in [0.1, 0.15) is 0 Å². The van der Waals surface area contributed by atoms with E-state index in [1.165, 1.54) is 16.9 Å². The molecule has 0 atom stereocenters. The van der Waals surface area contributed by atoms with Crippen LogP contribution in [0.2, 0.25) is 0 Å². The third kappa shape index (κ3) is 5.12. The molecule has 0 aliphatic rings. The quantitative estimate of drug-likeness (QED) is 0.240. The molecule has 0 fully saturated rings. The molecule has 0 aliphatic heterocycles. The second-order valence-corrected chi connectivity index (χ2v) is 9.91. The first-order chi connectivity index (χ1) is 15.0. The fourth-order valence-electron chi connectivity index (χ4n) is 3.03. The molecule has 4 aromatic rings.